The van der Waals surface area contributed by atoms with Crippen LogP contribution in [0.15, 0.2) is 57.8 Å². The minimum Gasteiger partial charge on any atom is -0.379 e. The number of amidine groups is 1. The second-order valence-electron chi connectivity index (χ2n) is 4.81. The van der Waals surface area contributed by atoms with Crippen LogP contribution in [0.2, 0.25) is 0 Å². The van der Waals surface area contributed by atoms with Gasteiger partial charge in [0.05, 0.1) is 12.2 Å². The lowest BCUT2D eigenvalue weighted by atomic mass is 10.2. The Bertz CT molecular complexity index is 673. The van der Waals surface area contributed by atoms with Crippen LogP contribution in [0.5, 0.6) is 0 Å². The summed E-state index contributed by atoms with van der Waals surface area (Å²) in [5.41, 5.74) is 4.29. The first-order valence-electron chi connectivity index (χ1n) is 7.05. The lowest BCUT2D eigenvalue weighted by Gasteiger charge is -2.07. The average Bonchev–Trinajstić information content (AvgIpc) is 3.08. The van der Waals surface area contributed by atoms with Crippen molar-refractivity contribution in [3.05, 3.63) is 59.4 Å². The minimum absolute atomic E-state index is 0.431. The van der Waals surface area contributed by atoms with Crippen LogP contribution in [0.3, 0.4) is 0 Å². The molecule has 1 aromatic heterocycles. The van der Waals surface area contributed by atoms with Crippen molar-refractivity contribution in [3.8, 4) is 0 Å². The van der Waals surface area contributed by atoms with E-state index < -0.39 is 0 Å². The van der Waals surface area contributed by atoms with Gasteiger partial charge in [0, 0.05) is 17.4 Å². The molecule has 1 aromatic carbocycles. The van der Waals surface area contributed by atoms with E-state index in [9.17, 15) is 0 Å². The first-order valence-corrected chi connectivity index (χ1v) is 7.05. The highest BCUT2D eigenvalue weighted by atomic mass is 15.2. The summed E-state index contributed by atoms with van der Waals surface area (Å²) in [6, 6.07) is 12.2. The summed E-state index contributed by atoms with van der Waals surface area (Å²) in [6.45, 7) is 3.26. The molecule has 0 spiro atoms. The van der Waals surface area contributed by atoms with E-state index in [2.05, 4.69) is 44.6 Å². The quantitative estimate of drug-likeness (QED) is 0.911. The van der Waals surface area contributed by atoms with Crippen LogP contribution in [0, 0.1) is 0 Å². The van der Waals surface area contributed by atoms with E-state index in [1.54, 1.807) is 0 Å². The second kappa shape index (κ2) is 6.26. The molecule has 0 unspecified atom stereocenters. The van der Waals surface area contributed by atoms with Gasteiger partial charge in [-0.3, -0.25) is 4.98 Å². The Kier molecular flexibility index (Phi) is 4.00. The lowest BCUT2D eigenvalue weighted by Crippen LogP contribution is -2.03. The summed E-state index contributed by atoms with van der Waals surface area (Å²) in [6.07, 6.45) is 2.94. The molecule has 3 rings (SSSR count). The van der Waals surface area contributed by atoms with E-state index in [1.165, 1.54) is 5.56 Å². The maximum absolute atomic E-state index is 4.44. The van der Waals surface area contributed by atoms with Gasteiger partial charge in [-0.25, -0.2) is 4.99 Å². The van der Waals surface area contributed by atoms with Gasteiger partial charge in [-0.15, -0.1) is 5.11 Å². The van der Waals surface area contributed by atoms with Gasteiger partial charge in [-0.05, 0) is 30.2 Å². The molecule has 1 aliphatic heterocycles. The average molecular weight is 279 g/mol. The van der Waals surface area contributed by atoms with E-state index >= 15 is 0 Å². The molecule has 2 heterocycles. The number of rotatable bonds is 5. The Hall–Kier alpha value is -2.56. The summed E-state index contributed by atoms with van der Waals surface area (Å²) in [5.74, 6) is 0.698. The predicted molar refractivity (Wildman–Crippen MR) is 83.6 cm³/mol. The molecule has 0 fully saturated rings. The van der Waals surface area contributed by atoms with Gasteiger partial charge in [0.2, 0.25) is 0 Å². The third kappa shape index (κ3) is 3.31. The molecule has 0 amide bonds. The number of nitrogens with zero attached hydrogens (tertiary/aromatic N) is 4. The van der Waals surface area contributed by atoms with Gasteiger partial charge in [0.25, 0.3) is 0 Å². The van der Waals surface area contributed by atoms with Crippen molar-refractivity contribution in [1.29, 1.82) is 0 Å². The molecule has 2 aromatic rings. The number of hydrogen-bond acceptors (Lipinski definition) is 5. The zero-order valence-electron chi connectivity index (χ0n) is 12.0. The van der Waals surface area contributed by atoms with E-state index in [4.69, 9.17) is 0 Å². The van der Waals surface area contributed by atoms with Crippen LogP contribution in [-0.2, 0) is 13.0 Å². The monoisotopic (exact) mass is 279 g/mol. The number of nitrogens with one attached hydrogen (secondary N) is 1. The Morgan fingerprint density at radius 1 is 1.19 bits per heavy atom. The van der Waals surface area contributed by atoms with Crippen molar-refractivity contribution in [3.63, 3.8) is 0 Å². The first-order chi connectivity index (χ1) is 10.3. The number of aromatic nitrogens is 1. The van der Waals surface area contributed by atoms with Gasteiger partial charge in [-0.2, -0.15) is 5.11 Å². The van der Waals surface area contributed by atoms with E-state index in [0.717, 1.165) is 23.4 Å². The number of aryl methyl sites for hydroxylation is 1. The van der Waals surface area contributed by atoms with Crippen molar-refractivity contribution < 1.29 is 0 Å². The summed E-state index contributed by atoms with van der Waals surface area (Å²) in [4.78, 5) is 8.67. The number of benzene rings is 1. The lowest BCUT2D eigenvalue weighted by molar-refractivity contribution is 1.01. The highest BCUT2D eigenvalue weighted by molar-refractivity contribution is 6.00. The molecule has 0 bridgehead atoms. The number of pyridine rings is 1. The van der Waals surface area contributed by atoms with Gasteiger partial charge in [-0.1, -0.05) is 25.1 Å². The van der Waals surface area contributed by atoms with Gasteiger partial charge < -0.3 is 5.32 Å². The predicted octanol–water partition coefficient (Wildman–Crippen LogP) is 3.43. The molecule has 0 atom stereocenters. The first kappa shape index (κ1) is 13.4. The smallest absolute Gasteiger partial charge is 0.178 e. The molecule has 1 N–H and O–H groups in total. The summed E-state index contributed by atoms with van der Waals surface area (Å²) in [7, 11) is 0. The van der Waals surface area contributed by atoms with Crippen LogP contribution in [0.1, 0.15) is 23.7 Å². The zero-order chi connectivity index (χ0) is 14.5. The van der Waals surface area contributed by atoms with Crippen molar-refractivity contribution in [2.75, 3.05) is 12.0 Å². The van der Waals surface area contributed by atoms with E-state index in [0.29, 0.717) is 19.0 Å². The molecule has 106 valence electrons. The molecular formula is C16H17N5. The molecule has 0 aliphatic carbocycles. The normalized spacial score (nSPS) is 13.3. The topological polar surface area (TPSA) is 62.0 Å². The van der Waals surface area contributed by atoms with E-state index in [1.807, 2.05) is 30.5 Å². The summed E-state index contributed by atoms with van der Waals surface area (Å²) < 4.78 is 0. The molecule has 1 aliphatic rings. The molecule has 0 radical (unpaired) electrons. The minimum atomic E-state index is 0.431. The SMILES string of the molecule is CCc1ccc(CNc2cccc(C3=NCN=N3)c2)nc1. The van der Waals surface area contributed by atoms with Gasteiger partial charge in [0.15, 0.2) is 12.5 Å². The molecular weight excluding hydrogens is 262 g/mol. The third-order valence-electron chi connectivity index (χ3n) is 3.34. The summed E-state index contributed by atoms with van der Waals surface area (Å²) >= 11 is 0. The van der Waals surface area contributed by atoms with Crippen LogP contribution in [0.4, 0.5) is 5.69 Å². The van der Waals surface area contributed by atoms with Crippen LogP contribution in [-0.4, -0.2) is 17.5 Å². The maximum Gasteiger partial charge on any atom is 0.178 e. The molecule has 5 nitrogen and oxygen atoms in total. The highest BCUT2D eigenvalue weighted by Crippen LogP contribution is 2.15. The van der Waals surface area contributed by atoms with E-state index in [-0.39, 0.29) is 0 Å². The largest absolute Gasteiger partial charge is 0.379 e. The fourth-order valence-corrected chi connectivity index (χ4v) is 2.11. The van der Waals surface area contributed by atoms with Gasteiger partial charge >= 0.3 is 0 Å². The Labute approximate surface area is 123 Å². The fourth-order valence-electron chi connectivity index (χ4n) is 2.11. The van der Waals surface area contributed by atoms with Crippen LogP contribution in [0.25, 0.3) is 0 Å². The third-order valence-corrected chi connectivity index (χ3v) is 3.34. The summed E-state index contributed by atoms with van der Waals surface area (Å²) in [5, 5.41) is 11.3. The van der Waals surface area contributed by atoms with Crippen LogP contribution < -0.4 is 5.32 Å². The zero-order valence-corrected chi connectivity index (χ0v) is 12.0. The number of anilines is 1. The Morgan fingerprint density at radius 2 is 2.14 bits per heavy atom. The van der Waals surface area contributed by atoms with Crippen molar-refractivity contribution >= 4 is 11.5 Å². The maximum atomic E-state index is 4.44. The fraction of sp³-hybridized carbons (Fsp3) is 0.250. The van der Waals surface area contributed by atoms with Crippen LogP contribution >= 0.6 is 0 Å². The number of azo groups is 1. The van der Waals surface area contributed by atoms with Crippen molar-refractivity contribution in [1.82, 2.24) is 4.98 Å². The number of hydrogen-bond donors (Lipinski definition) is 1. The second-order valence-corrected chi connectivity index (χ2v) is 4.81. The molecule has 5 heteroatoms. The van der Waals surface area contributed by atoms with Crippen molar-refractivity contribution in [2.45, 2.75) is 19.9 Å². The Morgan fingerprint density at radius 3 is 2.86 bits per heavy atom. The van der Waals surface area contributed by atoms with Gasteiger partial charge in [0.1, 0.15) is 0 Å². The number of aliphatic imine (C=N–C) groups is 1. The van der Waals surface area contributed by atoms with Crippen molar-refractivity contribution in [2.24, 2.45) is 15.2 Å². The molecule has 0 saturated carbocycles. The standard InChI is InChI=1S/C16H17N5/c1-2-12-6-7-15(17-9-12)10-18-14-5-3-4-13(8-14)16-19-11-20-21-16/h3-9,18H,2,10-11H2,1H3. The Balaban J connectivity index is 1.67. The highest BCUT2D eigenvalue weighted by Gasteiger charge is 2.06. The molecule has 21 heavy (non-hydrogen) atoms. The molecule has 0 saturated heterocycles.